The summed E-state index contributed by atoms with van der Waals surface area (Å²) in [4.78, 5) is 12.0. The van der Waals surface area contributed by atoms with E-state index in [2.05, 4.69) is 10.6 Å². The van der Waals surface area contributed by atoms with E-state index in [4.69, 9.17) is 11.6 Å². The van der Waals surface area contributed by atoms with Crippen molar-refractivity contribution >= 4 is 28.9 Å². The predicted octanol–water partition coefficient (Wildman–Crippen LogP) is 3.78. The van der Waals surface area contributed by atoms with Crippen LogP contribution in [0.25, 0.3) is 0 Å². The molecule has 1 unspecified atom stereocenters. The Morgan fingerprint density at radius 3 is 2.37 bits per heavy atom. The number of carbonyl (C=O) groups excluding carboxylic acids is 1. The van der Waals surface area contributed by atoms with Crippen molar-refractivity contribution in [2.24, 2.45) is 0 Å². The van der Waals surface area contributed by atoms with E-state index in [1.165, 1.54) is 0 Å². The van der Waals surface area contributed by atoms with Gasteiger partial charge in [0.05, 0.1) is 10.7 Å². The van der Waals surface area contributed by atoms with Crippen LogP contribution in [0, 0.1) is 0 Å². The van der Waals surface area contributed by atoms with Crippen LogP contribution in [0.4, 0.5) is 11.4 Å². The van der Waals surface area contributed by atoms with Gasteiger partial charge in [0.2, 0.25) is 5.91 Å². The molecular formula is C15H15ClN2O. The quantitative estimate of drug-likeness (QED) is 0.891. The van der Waals surface area contributed by atoms with Crippen molar-refractivity contribution in [3.8, 4) is 0 Å². The van der Waals surface area contributed by atoms with E-state index in [1.807, 2.05) is 48.5 Å². The Labute approximate surface area is 117 Å². The van der Waals surface area contributed by atoms with Gasteiger partial charge >= 0.3 is 0 Å². The second-order valence-corrected chi connectivity index (χ2v) is 4.61. The average Bonchev–Trinajstić information content (AvgIpc) is 2.42. The maximum atomic E-state index is 12.0. The van der Waals surface area contributed by atoms with Gasteiger partial charge in [-0.2, -0.15) is 0 Å². The zero-order valence-electron chi connectivity index (χ0n) is 10.6. The summed E-state index contributed by atoms with van der Waals surface area (Å²) in [7, 11) is 0. The molecule has 0 aliphatic heterocycles. The van der Waals surface area contributed by atoms with Crippen molar-refractivity contribution in [2.75, 3.05) is 10.6 Å². The zero-order chi connectivity index (χ0) is 13.7. The molecule has 1 amide bonds. The van der Waals surface area contributed by atoms with Gasteiger partial charge in [0.25, 0.3) is 0 Å². The van der Waals surface area contributed by atoms with E-state index in [0.29, 0.717) is 5.02 Å². The minimum Gasteiger partial charge on any atom is -0.373 e. The van der Waals surface area contributed by atoms with Crippen molar-refractivity contribution in [3.63, 3.8) is 0 Å². The third-order valence-corrected chi connectivity index (χ3v) is 3.01. The van der Waals surface area contributed by atoms with Crippen LogP contribution in [-0.4, -0.2) is 11.9 Å². The first-order valence-electron chi connectivity index (χ1n) is 6.04. The van der Waals surface area contributed by atoms with E-state index < -0.39 is 0 Å². The highest BCUT2D eigenvalue weighted by Crippen LogP contribution is 2.21. The summed E-state index contributed by atoms with van der Waals surface area (Å²) < 4.78 is 0. The monoisotopic (exact) mass is 274 g/mol. The molecule has 0 heterocycles. The van der Waals surface area contributed by atoms with Crippen LogP contribution in [0.3, 0.4) is 0 Å². The molecule has 0 aromatic heterocycles. The fraction of sp³-hybridized carbons (Fsp3) is 0.133. The van der Waals surface area contributed by atoms with E-state index in [-0.39, 0.29) is 11.9 Å². The summed E-state index contributed by atoms with van der Waals surface area (Å²) in [6.07, 6.45) is 0. The van der Waals surface area contributed by atoms with Crippen LogP contribution >= 0.6 is 11.6 Å². The predicted molar refractivity (Wildman–Crippen MR) is 79.6 cm³/mol. The number of halogens is 1. The first-order chi connectivity index (χ1) is 9.16. The van der Waals surface area contributed by atoms with Crippen LogP contribution in [0.1, 0.15) is 6.92 Å². The van der Waals surface area contributed by atoms with E-state index >= 15 is 0 Å². The molecule has 0 saturated heterocycles. The van der Waals surface area contributed by atoms with Gasteiger partial charge < -0.3 is 10.6 Å². The minimum absolute atomic E-state index is 0.105. The van der Waals surface area contributed by atoms with Gasteiger partial charge in [-0.05, 0) is 31.2 Å². The van der Waals surface area contributed by atoms with Crippen molar-refractivity contribution in [1.82, 2.24) is 0 Å². The number of benzene rings is 2. The Bertz CT molecular complexity index is 557. The molecule has 0 aliphatic rings. The molecule has 0 aliphatic carbocycles. The maximum Gasteiger partial charge on any atom is 0.246 e. The van der Waals surface area contributed by atoms with Crippen LogP contribution in [0.15, 0.2) is 54.6 Å². The highest BCUT2D eigenvalue weighted by molar-refractivity contribution is 6.33. The topological polar surface area (TPSA) is 41.1 Å². The fourth-order valence-electron chi connectivity index (χ4n) is 1.65. The number of hydrogen-bond donors (Lipinski definition) is 2. The molecule has 3 nitrogen and oxygen atoms in total. The Hall–Kier alpha value is -2.00. The summed E-state index contributed by atoms with van der Waals surface area (Å²) in [5.74, 6) is -0.105. The first-order valence-corrected chi connectivity index (χ1v) is 6.41. The Kier molecular flexibility index (Phi) is 4.42. The molecular weight excluding hydrogens is 260 g/mol. The Morgan fingerprint density at radius 1 is 1.05 bits per heavy atom. The zero-order valence-corrected chi connectivity index (χ0v) is 11.3. The van der Waals surface area contributed by atoms with Crippen LogP contribution in [0.5, 0.6) is 0 Å². The van der Waals surface area contributed by atoms with Crippen LogP contribution < -0.4 is 10.6 Å². The molecule has 2 rings (SSSR count). The molecule has 0 radical (unpaired) electrons. The molecule has 0 spiro atoms. The van der Waals surface area contributed by atoms with Gasteiger partial charge in [-0.1, -0.05) is 41.9 Å². The number of anilines is 2. The molecule has 0 bridgehead atoms. The lowest BCUT2D eigenvalue weighted by atomic mass is 10.2. The van der Waals surface area contributed by atoms with Gasteiger partial charge in [0.15, 0.2) is 0 Å². The summed E-state index contributed by atoms with van der Waals surface area (Å²) >= 11 is 6.04. The lowest BCUT2D eigenvalue weighted by Crippen LogP contribution is -2.31. The summed E-state index contributed by atoms with van der Waals surface area (Å²) in [6.45, 7) is 1.79. The van der Waals surface area contributed by atoms with Crippen LogP contribution in [-0.2, 0) is 4.79 Å². The first kappa shape index (κ1) is 13.4. The van der Waals surface area contributed by atoms with Crippen molar-refractivity contribution in [3.05, 3.63) is 59.6 Å². The fourth-order valence-corrected chi connectivity index (χ4v) is 1.84. The molecule has 0 fully saturated rings. The second kappa shape index (κ2) is 6.25. The van der Waals surface area contributed by atoms with Crippen LogP contribution in [0.2, 0.25) is 5.02 Å². The molecule has 2 aromatic carbocycles. The lowest BCUT2D eigenvalue weighted by Gasteiger charge is -2.16. The van der Waals surface area contributed by atoms with Gasteiger partial charge in [-0.25, -0.2) is 0 Å². The van der Waals surface area contributed by atoms with Crippen molar-refractivity contribution in [1.29, 1.82) is 0 Å². The summed E-state index contributed by atoms with van der Waals surface area (Å²) in [5.41, 5.74) is 1.53. The smallest absolute Gasteiger partial charge is 0.246 e. The molecule has 2 N–H and O–H groups in total. The minimum atomic E-state index is -0.375. The number of amides is 1. The van der Waals surface area contributed by atoms with Crippen molar-refractivity contribution in [2.45, 2.75) is 13.0 Å². The number of para-hydroxylation sites is 2. The highest BCUT2D eigenvalue weighted by atomic mass is 35.5. The normalized spacial score (nSPS) is 11.7. The van der Waals surface area contributed by atoms with E-state index in [0.717, 1.165) is 11.4 Å². The summed E-state index contributed by atoms with van der Waals surface area (Å²) in [5, 5.41) is 6.52. The number of nitrogens with one attached hydrogen (secondary N) is 2. The molecule has 1 atom stereocenters. The standard InChI is InChI=1S/C15H15ClN2O/c1-11(17-14-10-6-5-9-13(14)16)15(19)18-12-7-3-2-4-8-12/h2-11,17H,1H3,(H,18,19). The van der Waals surface area contributed by atoms with Gasteiger partial charge in [-0.15, -0.1) is 0 Å². The van der Waals surface area contributed by atoms with Gasteiger partial charge in [0, 0.05) is 5.69 Å². The SMILES string of the molecule is CC(Nc1ccccc1Cl)C(=O)Nc1ccccc1. The molecule has 19 heavy (non-hydrogen) atoms. The number of hydrogen-bond acceptors (Lipinski definition) is 2. The average molecular weight is 275 g/mol. The van der Waals surface area contributed by atoms with Gasteiger partial charge in [-0.3, -0.25) is 4.79 Å². The van der Waals surface area contributed by atoms with E-state index in [9.17, 15) is 4.79 Å². The molecule has 2 aromatic rings. The molecule has 98 valence electrons. The lowest BCUT2D eigenvalue weighted by molar-refractivity contribution is -0.116. The Morgan fingerprint density at radius 2 is 1.68 bits per heavy atom. The molecule has 0 saturated carbocycles. The number of rotatable bonds is 4. The van der Waals surface area contributed by atoms with Crippen molar-refractivity contribution < 1.29 is 4.79 Å². The summed E-state index contributed by atoms with van der Waals surface area (Å²) in [6, 6.07) is 16.3. The molecule has 4 heteroatoms. The number of carbonyl (C=O) groups is 1. The second-order valence-electron chi connectivity index (χ2n) is 4.20. The van der Waals surface area contributed by atoms with E-state index in [1.54, 1.807) is 13.0 Å². The Balaban J connectivity index is 1.98. The third kappa shape index (κ3) is 3.73. The maximum absolute atomic E-state index is 12.0. The third-order valence-electron chi connectivity index (χ3n) is 2.68. The van der Waals surface area contributed by atoms with Gasteiger partial charge in [0.1, 0.15) is 6.04 Å². The largest absolute Gasteiger partial charge is 0.373 e. The highest BCUT2D eigenvalue weighted by Gasteiger charge is 2.13.